The number of thiophene rings is 1. The standard InChI is InChI=1S/C17H13ClN4O2S.C6H10.C4H8/c1-8-13(17(23)24)14-15(10-3-5-11(18)6-4-10)19-7-12-21-20-9(2)22(12)16(14)25-8;1-2-4-6-5-3-1;1-4(2)3/h3-6H,7H2,1-2H3,(H,23,24);1-2H,3-6H2;1H2,2-3H3. The molecule has 0 atom stereocenters. The Bertz CT molecular complexity index is 1260. The minimum Gasteiger partial charge on any atom is -0.478 e. The van der Waals surface area contributed by atoms with Crippen LogP contribution in [-0.4, -0.2) is 31.6 Å². The van der Waals surface area contributed by atoms with Gasteiger partial charge >= 0.3 is 5.97 Å². The van der Waals surface area contributed by atoms with E-state index in [2.05, 4.69) is 33.9 Å². The molecule has 0 radical (unpaired) electrons. The molecular weight excluding hydrogens is 480 g/mol. The zero-order valence-corrected chi connectivity index (χ0v) is 22.2. The van der Waals surface area contributed by atoms with Crippen molar-refractivity contribution in [1.82, 2.24) is 14.8 Å². The van der Waals surface area contributed by atoms with Crippen molar-refractivity contribution in [2.45, 2.75) is 59.9 Å². The Morgan fingerprint density at radius 2 is 1.69 bits per heavy atom. The van der Waals surface area contributed by atoms with Gasteiger partial charge in [-0.2, -0.15) is 0 Å². The van der Waals surface area contributed by atoms with Crippen molar-refractivity contribution < 1.29 is 9.90 Å². The Hall–Kier alpha value is -3.03. The molecule has 0 bridgehead atoms. The van der Waals surface area contributed by atoms with Gasteiger partial charge in [0.2, 0.25) is 0 Å². The summed E-state index contributed by atoms with van der Waals surface area (Å²) in [6.45, 7) is 11.5. The number of carboxylic acids is 1. The zero-order chi connectivity index (χ0) is 25.5. The molecular formula is C27H31ClN4O2S. The molecule has 1 aromatic carbocycles. The number of carboxylic acid groups (broad SMARTS) is 1. The third kappa shape index (κ3) is 6.55. The van der Waals surface area contributed by atoms with E-state index in [1.54, 1.807) is 12.1 Å². The third-order valence-electron chi connectivity index (χ3n) is 5.27. The molecule has 2 aliphatic rings. The molecule has 0 fully saturated rings. The lowest BCUT2D eigenvalue weighted by atomic mass is 9.99. The van der Waals surface area contributed by atoms with Crippen molar-refractivity contribution in [2.75, 3.05) is 0 Å². The minimum atomic E-state index is -0.967. The van der Waals surface area contributed by atoms with Crippen molar-refractivity contribution in [3.8, 4) is 5.00 Å². The molecule has 0 spiro atoms. The van der Waals surface area contributed by atoms with E-state index >= 15 is 0 Å². The molecule has 0 unspecified atom stereocenters. The van der Waals surface area contributed by atoms with Gasteiger partial charge in [0.25, 0.3) is 0 Å². The van der Waals surface area contributed by atoms with Crippen LogP contribution in [0.1, 0.15) is 77.5 Å². The number of allylic oxidation sites excluding steroid dienone is 3. The lowest BCUT2D eigenvalue weighted by Crippen LogP contribution is -2.11. The van der Waals surface area contributed by atoms with Gasteiger partial charge in [-0.1, -0.05) is 41.5 Å². The van der Waals surface area contributed by atoms with Gasteiger partial charge in [-0.3, -0.25) is 9.56 Å². The maximum Gasteiger partial charge on any atom is 0.337 e. The Labute approximate surface area is 215 Å². The molecule has 3 heterocycles. The van der Waals surface area contributed by atoms with Crippen LogP contribution in [0.15, 0.2) is 53.6 Å². The zero-order valence-electron chi connectivity index (χ0n) is 20.6. The summed E-state index contributed by atoms with van der Waals surface area (Å²) in [6, 6.07) is 7.25. The third-order valence-corrected chi connectivity index (χ3v) is 6.61. The molecule has 5 rings (SSSR count). The number of halogens is 1. The molecule has 1 N–H and O–H groups in total. The first-order valence-corrected chi connectivity index (χ1v) is 12.8. The van der Waals surface area contributed by atoms with Gasteiger partial charge < -0.3 is 5.11 Å². The first-order chi connectivity index (χ1) is 16.7. The largest absolute Gasteiger partial charge is 0.478 e. The number of aromatic nitrogens is 3. The summed E-state index contributed by atoms with van der Waals surface area (Å²) in [4.78, 5) is 17.3. The Balaban J connectivity index is 0.000000287. The van der Waals surface area contributed by atoms with E-state index in [1.807, 2.05) is 44.4 Å². The first kappa shape index (κ1) is 26.6. The number of benzene rings is 1. The molecule has 3 aromatic rings. The number of rotatable bonds is 2. The lowest BCUT2D eigenvalue weighted by Gasteiger charge is -2.09. The monoisotopic (exact) mass is 510 g/mol. The highest BCUT2D eigenvalue weighted by atomic mass is 35.5. The number of hydrogen-bond donors (Lipinski definition) is 1. The maximum absolute atomic E-state index is 11.9. The van der Waals surface area contributed by atoms with E-state index in [1.165, 1.54) is 42.6 Å². The molecule has 0 amide bonds. The maximum atomic E-state index is 11.9. The second kappa shape index (κ2) is 12.1. The van der Waals surface area contributed by atoms with Crippen LogP contribution >= 0.6 is 22.9 Å². The van der Waals surface area contributed by atoms with Gasteiger partial charge in [0.15, 0.2) is 5.82 Å². The fourth-order valence-corrected chi connectivity index (χ4v) is 5.11. The first-order valence-electron chi connectivity index (χ1n) is 11.6. The predicted octanol–water partition coefficient (Wildman–Crippen LogP) is 7.35. The van der Waals surface area contributed by atoms with Gasteiger partial charge in [0, 0.05) is 15.5 Å². The second-order valence-corrected chi connectivity index (χ2v) is 10.3. The van der Waals surface area contributed by atoms with E-state index < -0.39 is 5.97 Å². The fraction of sp³-hybridized carbons (Fsp3) is 0.333. The molecule has 2 aromatic heterocycles. The van der Waals surface area contributed by atoms with E-state index in [-0.39, 0.29) is 5.56 Å². The molecule has 35 heavy (non-hydrogen) atoms. The summed E-state index contributed by atoms with van der Waals surface area (Å²) >= 11 is 7.41. The van der Waals surface area contributed by atoms with Crippen molar-refractivity contribution in [3.63, 3.8) is 0 Å². The number of aryl methyl sites for hydroxylation is 2. The van der Waals surface area contributed by atoms with Crippen LogP contribution in [0.5, 0.6) is 0 Å². The molecule has 1 aliphatic carbocycles. The van der Waals surface area contributed by atoms with Gasteiger partial charge in [0.05, 0.1) is 16.8 Å². The Kier molecular flexibility index (Phi) is 9.18. The number of aliphatic imine (C=N–C) groups is 1. The van der Waals surface area contributed by atoms with Crippen LogP contribution < -0.4 is 0 Å². The van der Waals surface area contributed by atoms with Crippen LogP contribution in [0.3, 0.4) is 0 Å². The predicted molar refractivity (Wildman–Crippen MR) is 145 cm³/mol. The summed E-state index contributed by atoms with van der Waals surface area (Å²) in [5.74, 6) is 0.439. The Morgan fingerprint density at radius 3 is 2.20 bits per heavy atom. The number of carbonyl (C=O) groups is 1. The van der Waals surface area contributed by atoms with Crippen LogP contribution in [0, 0.1) is 13.8 Å². The van der Waals surface area contributed by atoms with E-state index in [4.69, 9.17) is 11.6 Å². The quantitative estimate of drug-likeness (QED) is 0.365. The van der Waals surface area contributed by atoms with Crippen molar-refractivity contribution in [1.29, 1.82) is 0 Å². The fourth-order valence-electron chi connectivity index (χ4n) is 3.77. The van der Waals surface area contributed by atoms with E-state index in [9.17, 15) is 9.90 Å². The van der Waals surface area contributed by atoms with E-state index in [0.29, 0.717) is 34.5 Å². The average Bonchev–Trinajstić information content (AvgIpc) is 3.30. The van der Waals surface area contributed by atoms with Crippen LogP contribution in [0.4, 0.5) is 0 Å². The SMILES string of the molecule is C1=CCCCC1.C=C(C)C.Cc1sc2c(c1C(=O)O)C(c1ccc(Cl)cc1)=NCc1nnc(C)n1-2. The summed E-state index contributed by atoms with van der Waals surface area (Å²) < 4.78 is 1.89. The summed E-state index contributed by atoms with van der Waals surface area (Å²) in [6.07, 6.45) is 10.0. The topological polar surface area (TPSA) is 80.4 Å². The number of aromatic carboxylic acids is 1. The number of hydrogen-bond acceptors (Lipinski definition) is 5. The highest BCUT2D eigenvalue weighted by Crippen LogP contribution is 2.36. The molecule has 1 aliphatic heterocycles. The van der Waals surface area contributed by atoms with Gasteiger partial charge in [0.1, 0.15) is 17.4 Å². The summed E-state index contributed by atoms with van der Waals surface area (Å²) in [5.41, 5.74) is 3.51. The van der Waals surface area contributed by atoms with Gasteiger partial charge in [-0.05, 0) is 65.5 Å². The number of fused-ring (bicyclic) bond motifs is 3. The van der Waals surface area contributed by atoms with Crippen molar-refractivity contribution in [3.05, 3.63) is 86.8 Å². The lowest BCUT2D eigenvalue weighted by molar-refractivity contribution is 0.0696. The highest BCUT2D eigenvalue weighted by Gasteiger charge is 2.30. The minimum absolute atomic E-state index is 0.273. The molecule has 0 saturated heterocycles. The van der Waals surface area contributed by atoms with Crippen LogP contribution in [0.2, 0.25) is 5.02 Å². The molecule has 184 valence electrons. The Morgan fingerprint density at radius 1 is 1.09 bits per heavy atom. The molecule has 0 saturated carbocycles. The average molecular weight is 511 g/mol. The smallest absolute Gasteiger partial charge is 0.337 e. The van der Waals surface area contributed by atoms with Crippen molar-refractivity contribution >= 4 is 34.6 Å². The normalized spacial score (nSPS) is 13.7. The van der Waals surface area contributed by atoms with Gasteiger partial charge in [-0.25, -0.2) is 4.79 Å². The second-order valence-electron chi connectivity index (χ2n) is 8.65. The van der Waals surface area contributed by atoms with Gasteiger partial charge in [-0.15, -0.1) is 28.1 Å². The van der Waals surface area contributed by atoms with Crippen molar-refractivity contribution in [2.24, 2.45) is 4.99 Å². The molecule has 6 nitrogen and oxygen atoms in total. The van der Waals surface area contributed by atoms with E-state index in [0.717, 1.165) is 15.4 Å². The summed E-state index contributed by atoms with van der Waals surface area (Å²) in [7, 11) is 0. The van der Waals surface area contributed by atoms with Crippen LogP contribution in [0.25, 0.3) is 5.00 Å². The summed E-state index contributed by atoms with van der Waals surface area (Å²) in [5, 5.41) is 19.5. The van der Waals surface area contributed by atoms with Crippen LogP contribution in [-0.2, 0) is 6.54 Å². The number of nitrogens with zero attached hydrogens (tertiary/aromatic N) is 4. The molecule has 8 heteroatoms. The highest BCUT2D eigenvalue weighted by molar-refractivity contribution is 7.15.